The zero-order valence-electron chi connectivity index (χ0n) is 10.8. The molecule has 0 aromatic rings. The van der Waals surface area contributed by atoms with Crippen LogP contribution in [0.5, 0.6) is 0 Å². The summed E-state index contributed by atoms with van der Waals surface area (Å²) in [7, 11) is 0. The molecule has 2 saturated heterocycles. The Kier molecular flexibility index (Phi) is 4.95. The molecule has 0 spiro atoms. The lowest BCUT2D eigenvalue weighted by Crippen LogP contribution is -2.61. The molecule has 20 heavy (non-hydrogen) atoms. The third-order valence-electron chi connectivity index (χ3n) is 3.55. The van der Waals surface area contributed by atoms with Gasteiger partial charge in [-0.2, -0.15) is 0 Å². The molecule has 0 radical (unpaired) electrons. The summed E-state index contributed by atoms with van der Waals surface area (Å²) >= 11 is 0. The summed E-state index contributed by atoms with van der Waals surface area (Å²) in [5, 5.41) is 57.7. The van der Waals surface area contributed by atoms with Crippen LogP contribution in [-0.2, 0) is 14.2 Å². The van der Waals surface area contributed by atoms with E-state index in [4.69, 9.17) is 14.2 Å². The minimum atomic E-state index is -1.57. The second kappa shape index (κ2) is 6.18. The number of hydrogen-bond acceptors (Lipinski definition) is 9. The Balaban J connectivity index is 2.04. The molecule has 9 heteroatoms. The van der Waals surface area contributed by atoms with Crippen LogP contribution in [0, 0.1) is 0 Å². The molecule has 2 rings (SSSR count). The molecular formula is C11H20O9. The molecule has 9 nitrogen and oxygen atoms in total. The molecule has 9 atom stereocenters. The highest BCUT2D eigenvalue weighted by atomic mass is 16.7. The summed E-state index contributed by atoms with van der Waals surface area (Å²) in [6.45, 7) is 1.21. The van der Waals surface area contributed by atoms with E-state index in [0.717, 1.165) is 0 Å². The molecule has 0 aromatic heterocycles. The van der Waals surface area contributed by atoms with Crippen LogP contribution in [0.3, 0.4) is 0 Å². The summed E-state index contributed by atoms with van der Waals surface area (Å²) in [6, 6.07) is 0. The molecule has 2 fully saturated rings. The molecule has 0 amide bonds. The van der Waals surface area contributed by atoms with E-state index in [1.165, 1.54) is 6.92 Å². The van der Waals surface area contributed by atoms with Crippen LogP contribution in [0.2, 0.25) is 0 Å². The van der Waals surface area contributed by atoms with Gasteiger partial charge in [0.25, 0.3) is 0 Å². The Morgan fingerprint density at radius 1 is 0.900 bits per heavy atom. The summed E-state index contributed by atoms with van der Waals surface area (Å²) in [6.07, 6.45) is -12.1. The van der Waals surface area contributed by atoms with E-state index in [-0.39, 0.29) is 6.61 Å². The van der Waals surface area contributed by atoms with Crippen LogP contribution in [0.1, 0.15) is 6.92 Å². The number of rotatable bonds is 2. The predicted molar refractivity (Wildman–Crippen MR) is 61.2 cm³/mol. The first-order chi connectivity index (χ1) is 9.32. The van der Waals surface area contributed by atoms with E-state index >= 15 is 0 Å². The van der Waals surface area contributed by atoms with Crippen molar-refractivity contribution in [3.8, 4) is 0 Å². The van der Waals surface area contributed by atoms with Gasteiger partial charge in [-0.05, 0) is 6.92 Å². The molecule has 0 aliphatic carbocycles. The van der Waals surface area contributed by atoms with E-state index in [9.17, 15) is 30.6 Å². The molecule has 2 heterocycles. The first-order valence-corrected chi connectivity index (χ1v) is 6.34. The van der Waals surface area contributed by atoms with Gasteiger partial charge < -0.3 is 44.8 Å². The van der Waals surface area contributed by atoms with Gasteiger partial charge in [0.05, 0.1) is 12.7 Å². The maximum absolute atomic E-state index is 9.77. The van der Waals surface area contributed by atoms with E-state index < -0.39 is 55.3 Å². The highest BCUT2D eigenvalue weighted by molar-refractivity contribution is 4.90. The third kappa shape index (κ3) is 2.96. The highest BCUT2D eigenvalue weighted by Crippen LogP contribution is 2.26. The monoisotopic (exact) mass is 296 g/mol. The molecule has 2 aliphatic rings. The molecule has 0 unspecified atom stereocenters. The quantitative estimate of drug-likeness (QED) is 0.302. The smallest absolute Gasteiger partial charge is 0.187 e. The zero-order valence-corrected chi connectivity index (χ0v) is 10.8. The first-order valence-electron chi connectivity index (χ1n) is 6.34. The summed E-state index contributed by atoms with van der Waals surface area (Å²) in [4.78, 5) is 0. The van der Waals surface area contributed by atoms with Crippen LogP contribution in [0.15, 0.2) is 0 Å². The molecular weight excluding hydrogens is 276 g/mol. The van der Waals surface area contributed by atoms with Gasteiger partial charge in [0.1, 0.15) is 36.6 Å². The predicted octanol–water partition coefficient (Wildman–Crippen LogP) is -3.73. The van der Waals surface area contributed by atoms with Crippen LogP contribution in [0.4, 0.5) is 0 Å². The highest BCUT2D eigenvalue weighted by Gasteiger charge is 2.47. The Labute approximate surface area is 114 Å². The molecule has 0 aromatic carbocycles. The molecule has 6 N–H and O–H groups in total. The molecule has 118 valence electrons. The molecule has 0 saturated carbocycles. The fraction of sp³-hybridized carbons (Fsp3) is 1.00. The van der Waals surface area contributed by atoms with Gasteiger partial charge in [-0.3, -0.25) is 0 Å². The second-order valence-electron chi connectivity index (χ2n) is 5.06. The molecule has 2 aliphatic heterocycles. The lowest BCUT2D eigenvalue weighted by Gasteiger charge is -2.43. The van der Waals surface area contributed by atoms with Crippen LogP contribution in [0.25, 0.3) is 0 Å². The Bertz CT molecular complexity index is 327. The van der Waals surface area contributed by atoms with Gasteiger partial charge in [-0.15, -0.1) is 0 Å². The van der Waals surface area contributed by atoms with Crippen molar-refractivity contribution in [1.29, 1.82) is 0 Å². The number of aliphatic hydroxyl groups excluding tert-OH is 6. The standard InChI is InChI=1S/C11H20O9/c1-3-5(13)7(15)8(16)11(19-3)20-9-6(14)4(12)2-18-10(9)17/h3-17H,2H2,1H3/t3-,4+,5-,6+,7-,8+,9-,10+,11-/m1/s1. The van der Waals surface area contributed by atoms with E-state index in [0.29, 0.717) is 0 Å². The van der Waals surface area contributed by atoms with Crippen LogP contribution in [-0.4, -0.2) is 92.6 Å². The SMILES string of the molecule is C[C@H]1O[C@H](O[C@@H]2[C@@H](O)[C@@H](O)CO[C@@H]2O)[C@@H](O)[C@H](O)[C@@H]1O. The summed E-state index contributed by atoms with van der Waals surface area (Å²) in [5.41, 5.74) is 0. The second-order valence-corrected chi connectivity index (χ2v) is 5.06. The fourth-order valence-corrected chi connectivity index (χ4v) is 2.21. The van der Waals surface area contributed by atoms with Gasteiger partial charge in [-0.1, -0.05) is 0 Å². The van der Waals surface area contributed by atoms with Crippen LogP contribution >= 0.6 is 0 Å². The average Bonchev–Trinajstić information content (AvgIpc) is 2.42. The summed E-state index contributed by atoms with van der Waals surface area (Å²) in [5.74, 6) is 0. The Morgan fingerprint density at radius 2 is 1.55 bits per heavy atom. The van der Waals surface area contributed by atoms with Gasteiger partial charge >= 0.3 is 0 Å². The van der Waals surface area contributed by atoms with Crippen molar-refractivity contribution in [3.63, 3.8) is 0 Å². The van der Waals surface area contributed by atoms with Gasteiger partial charge in [0.2, 0.25) is 0 Å². The van der Waals surface area contributed by atoms with Crippen molar-refractivity contribution in [2.45, 2.75) is 62.2 Å². The lowest BCUT2D eigenvalue weighted by molar-refractivity contribution is -0.348. The van der Waals surface area contributed by atoms with Crippen molar-refractivity contribution in [2.24, 2.45) is 0 Å². The Morgan fingerprint density at radius 3 is 2.20 bits per heavy atom. The third-order valence-corrected chi connectivity index (χ3v) is 3.55. The van der Waals surface area contributed by atoms with Crippen molar-refractivity contribution in [3.05, 3.63) is 0 Å². The van der Waals surface area contributed by atoms with Crippen molar-refractivity contribution in [2.75, 3.05) is 6.61 Å². The minimum Gasteiger partial charge on any atom is -0.388 e. The number of aliphatic hydroxyl groups is 6. The first kappa shape index (κ1) is 16.0. The van der Waals surface area contributed by atoms with Crippen molar-refractivity contribution in [1.82, 2.24) is 0 Å². The Hall–Kier alpha value is -0.360. The summed E-state index contributed by atoms with van der Waals surface area (Å²) < 4.78 is 15.2. The van der Waals surface area contributed by atoms with Crippen molar-refractivity contribution >= 4 is 0 Å². The zero-order chi connectivity index (χ0) is 15.0. The van der Waals surface area contributed by atoms with Gasteiger partial charge in [0, 0.05) is 0 Å². The van der Waals surface area contributed by atoms with Crippen LogP contribution < -0.4 is 0 Å². The van der Waals surface area contributed by atoms with E-state index in [2.05, 4.69) is 0 Å². The van der Waals surface area contributed by atoms with E-state index in [1.807, 2.05) is 0 Å². The largest absolute Gasteiger partial charge is 0.388 e. The minimum absolute atomic E-state index is 0.256. The fourth-order valence-electron chi connectivity index (χ4n) is 2.21. The van der Waals surface area contributed by atoms with Gasteiger partial charge in [-0.25, -0.2) is 0 Å². The van der Waals surface area contributed by atoms with Crippen molar-refractivity contribution < 1.29 is 44.8 Å². The molecule has 0 bridgehead atoms. The maximum Gasteiger partial charge on any atom is 0.187 e. The normalized spacial score (nSPS) is 53.9. The van der Waals surface area contributed by atoms with Gasteiger partial charge in [0.15, 0.2) is 12.6 Å². The lowest BCUT2D eigenvalue weighted by atomic mass is 9.99. The average molecular weight is 296 g/mol. The topological polar surface area (TPSA) is 149 Å². The number of hydrogen-bond donors (Lipinski definition) is 6. The maximum atomic E-state index is 9.77. The number of ether oxygens (including phenoxy) is 3. The van der Waals surface area contributed by atoms with E-state index in [1.54, 1.807) is 0 Å².